The lowest BCUT2D eigenvalue weighted by Crippen LogP contribution is -2.41. The van der Waals surface area contributed by atoms with E-state index in [2.05, 4.69) is 5.32 Å². The topological polar surface area (TPSA) is 86.7 Å². The Bertz CT molecular complexity index is 570. The fraction of sp³-hybridized carbons (Fsp3) is 0.533. The molecule has 1 aromatic heterocycles. The maximum absolute atomic E-state index is 12.2. The van der Waals surface area contributed by atoms with Crippen LogP contribution in [0.1, 0.15) is 36.6 Å². The van der Waals surface area contributed by atoms with Gasteiger partial charge in [-0.3, -0.25) is 9.59 Å². The Morgan fingerprint density at radius 1 is 1.41 bits per heavy atom. The summed E-state index contributed by atoms with van der Waals surface area (Å²) in [5, 5.41) is 13.3. The summed E-state index contributed by atoms with van der Waals surface area (Å²) in [6.45, 7) is 2.98. The van der Waals surface area contributed by atoms with E-state index in [1.807, 2.05) is 11.4 Å². The zero-order valence-corrected chi connectivity index (χ0v) is 13.3. The molecule has 1 aliphatic heterocycles. The van der Waals surface area contributed by atoms with Crippen LogP contribution in [0.2, 0.25) is 0 Å². The van der Waals surface area contributed by atoms with Gasteiger partial charge in [-0.2, -0.15) is 0 Å². The average molecular weight is 324 g/mol. The van der Waals surface area contributed by atoms with E-state index in [1.165, 1.54) is 10.4 Å². The Morgan fingerprint density at radius 2 is 2.18 bits per heavy atom. The number of rotatable bonds is 6. The van der Waals surface area contributed by atoms with Crippen LogP contribution in [-0.4, -0.2) is 40.4 Å². The van der Waals surface area contributed by atoms with Crippen LogP contribution in [0.15, 0.2) is 11.4 Å². The predicted molar refractivity (Wildman–Crippen MR) is 82.5 cm³/mol. The minimum absolute atomic E-state index is 0.0234. The SMILES string of the molecule is CCC(NC(=O)CCC(=O)N1CCc2sccc2C1)C(=O)O. The molecule has 0 saturated heterocycles. The molecule has 0 aromatic carbocycles. The predicted octanol–water partition coefficient (Wildman–Crippen LogP) is 1.39. The third-order valence-electron chi connectivity index (χ3n) is 3.77. The molecule has 0 aliphatic carbocycles. The number of carbonyl (C=O) groups excluding carboxylic acids is 2. The first-order chi connectivity index (χ1) is 10.5. The van der Waals surface area contributed by atoms with Crippen LogP contribution in [0.3, 0.4) is 0 Å². The number of hydrogen-bond donors (Lipinski definition) is 2. The van der Waals surface area contributed by atoms with Crippen molar-refractivity contribution in [2.45, 2.75) is 45.2 Å². The van der Waals surface area contributed by atoms with Gasteiger partial charge in [0.1, 0.15) is 6.04 Å². The van der Waals surface area contributed by atoms with Crippen molar-refractivity contribution in [3.05, 3.63) is 21.9 Å². The summed E-state index contributed by atoms with van der Waals surface area (Å²) in [6.07, 6.45) is 1.32. The Morgan fingerprint density at radius 3 is 2.86 bits per heavy atom. The number of thiophene rings is 1. The molecular formula is C15H20N2O4S. The van der Waals surface area contributed by atoms with Crippen LogP contribution >= 0.6 is 11.3 Å². The molecule has 0 fully saturated rings. The first-order valence-corrected chi connectivity index (χ1v) is 8.24. The number of carboxylic acids is 1. The number of aliphatic carboxylic acids is 1. The molecule has 1 aromatic rings. The van der Waals surface area contributed by atoms with Crippen molar-refractivity contribution in [1.29, 1.82) is 0 Å². The Hall–Kier alpha value is -1.89. The molecule has 2 heterocycles. The summed E-state index contributed by atoms with van der Waals surface area (Å²) in [6, 6.07) is 1.15. The molecule has 1 aliphatic rings. The van der Waals surface area contributed by atoms with Crippen molar-refractivity contribution in [2.24, 2.45) is 0 Å². The molecule has 0 radical (unpaired) electrons. The monoisotopic (exact) mass is 324 g/mol. The van der Waals surface area contributed by atoms with Crippen LogP contribution in [-0.2, 0) is 27.3 Å². The summed E-state index contributed by atoms with van der Waals surface area (Å²) in [4.78, 5) is 37.8. The first-order valence-electron chi connectivity index (χ1n) is 7.36. The summed E-state index contributed by atoms with van der Waals surface area (Å²) < 4.78 is 0. The summed E-state index contributed by atoms with van der Waals surface area (Å²) in [5.41, 5.74) is 1.19. The molecule has 1 unspecified atom stereocenters. The normalized spacial score (nSPS) is 15.0. The van der Waals surface area contributed by atoms with E-state index < -0.39 is 17.9 Å². The van der Waals surface area contributed by atoms with Gasteiger partial charge in [0.2, 0.25) is 11.8 Å². The van der Waals surface area contributed by atoms with Gasteiger partial charge in [-0.1, -0.05) is 6.92 Å². The van der Waals surface area contributed by atoms with Crippen molar-refractivity contribution >= 4 is 29.1 Å². The maximum Gasteiger partial charge on any atom is 0.326 e. The standard InChI is InChI=1S/C15H20N2O4S/c1-2-11(15(20)21)16-13(18)3-4-14(19)17-7-5-12-10(9-17)6-8-22-12/h6,8,11H,2-5,7,9H2,1H3,(H,16,18)(H,20,21). The molecule has 120 valence electrons. The van der Waals surface area contributed by atoms with Gasteiger partial charge in [0.15, 0.2) is 0 Å². The maximum atomic E-state index is 12.2. The van der Waals surface area contributed by atoms with E-state index in [9.17, 15) is 14.4 Å². The minimum atomic E-state index is -1.05. The molecule has 22 heavy (non-hydrogen) atoms. The van der Waals surface area contributed by atoms with Gasteiger partial charge in [-0.05, 0) is 29.9 Å². The minimum Gasteiger partial charge on any atom is -0.480 e. The number of carboxylic acid groups (broad SMARTS) is 1. The lowest BCUT2D eigenvalue weighted by Gasteiger charge is -2.27. The number of nitrogens with one attached hydrogen (secondary N) is 1. The highest BCUT2D eigenvalue weighted by molar-refractivity contribution is 7.10. The molecule has 2 rings (SSSR count). The molecule has 0 saturated carbocycles. The zero-order chi connectivity index (χ0) is 16.1. The molecule has 1 atom stereocenters. The fourth-order valence-corrected chi connectivity index (χ4v) is 3.33. The highest BCUT2D eigenvalue weighted by Crippen LogP contribution is 2.24. The van der Waals surface area contributed by atoms with E-state index in [4.69, 9.17) is 5.11 Å². The molecule has 6 nitrogen and oxygen atoms in total. The van der Waals surface area contributed by atoms with Gasteiger partial charge >= 0.3 is 5.97 Å². The van der Waals surface area contributed by atoms with Gasteiger partial charge < -0.3 is 15.3 Å². The summed E-state index contributed by atoms with van der Waals surface area (Å²) >= 11 is 1.71. The van der Waals surface area contributed by atoms with Crippen LogP contribution < -0.4 is 5.32 Å². The number of fused-ring (bicyclic) bond motifs is 1. The number of hydrogen-bond acceptors (Lipinski definition) is 4. The fourth-order valence-electron chi connectivity index (χ4n) is 2.44. The van der Waals surface area contributed by atoms with Crippen LogP contribution in [0.4, 0.5) is 0 Å². The van der Waals surface area contributed by atoms with Gasteiger partial charge in [0.05, 0.1) is 0 Å². The van der Waals surface area contributed by atoms with Crippen molar-refractivity contribution in [3.8, 4) is 0 Å². The largest absolute Gasteiger partial charge is 0.480 e. The van der Waals surface area contributed by atoms with Crippen LogP contribution in [0, 0.1) is 0 Å². The van der Waals surface area contributed by atoms with Crippen molar-refractivity contribution in [3.63, 3.8) is 0 Å². The number of carbonyl (C=O) groups is 3. The molecular weight excluding hydrogens is 304 g/mol. The lowest BCUT2D eigenvalue weighted by atomic mass is 10.1. The van der Waals surface area contributed by atoms with E-state index >= 15 is 0 Å². The lowest BCUT2D eigenvalue weighted by molar-refractivity contribution is -0.142. The van der Waals surface area contributed by atoms with Gasteiger partial charge in [0.25, 0.3) is 0 Å². The Labute approximate surface area is 133 Å². The van der Waals surface area contributed by atoms with E-state index in [0.29, 0.717) is 19.5 Å². The third-order valence-corrected chi connectivity index (χ3v) is 4.79. The van der Waals surface area contributed by atoms with Crippen molar-refractivity contribution < 1.29 is 19.5 Å². The third kappa shape index (κ3) is 4.07. The van der Waals surface area contributed by atoms with E-state index in [1.54, 1.807) is 23.2 Å². The van der Waals surface area contributed by atoms with E-state index in [0.717, 1.165) is 6.42 Å². The molecule has 0 bridgehead atoms. The highest BCUT2D eigenvalue weighted by atomic mass is 32.1. The quantitative estimate of drug-likeness (QED) is 0.828. The second-order valence-corrected chi connectivity index (χ2v) is 6.30. The zero-order valence-electron chi connectivity index (χ0n) is 12.5. The summed E-state index contributed by atoms with van der Waals surface area (Å²) in [7, 11) is 0. The average Bonchev–Trinajstić information content (AvgIpc) is 2.97. The van der Waals surface area contributed by atoms with E-state index in [-0.39, 0.29) is 18.7 Å². The van der Waals surface area contributed by atoms with Gasteiger partial charge in [0, 0.05) is 30.8 Å². The van der Waals surface area contributed by atoms with Crippen molar-refractivity contribution in [2.75, 3.05) is 6.54 Å². The second kappa shape index (κ2) is 7.40. The van der Waals surface area contributed by atoms with Crippen LogP contribution in [0.5, 0.6) is 0 Å². The van der Waals surface area contributed by atoms with Gasteiger partial charge in [-0.25, -0.2) is 4.79 Å². The smallest absolute Gasteiger partial charge is 0.326 e. The second-order valence-electron chi connectivity index (χ2n) is 5.30. The van der Waals surface area contributed by atoms with Crippen molar-refractivity contribution in [1.82, 2.24) is 10.2 Å². The Kier molecular flexibility index (Phi) is 5.54. The first kappa shape index (κ1) is 16.5. The number of amides is 2. The number of nitrogens with zero attached hydrogens (tertiary/aromatic N) is 1. The molecule has 2 N–H and O–H groups in total. The Balaban J connectivity index is 1.78. The van der Waals surface area contributed by atoms with Gasteiger partial charge in [-0.15, -0.1) is 11.3 Å². The highest BCUT2D eigenvalue weighted by Gasteiger charge is 2.23. The van der Waals surface area contributed by atoms with Crippen LogP contribution in [0.25, 0.3) is 0 Å². The molecule has 0 spiro atoms. The molecule has 7 heteroatoms. The summed E-state index contributed by atoms with van der Waals surface area (Å²) in [5.74, 6) is -1.51. The molecule has 2 amide bonds.